The molecule has 3 rings (SSSR count). The number of nitro benzene ring substituents is 1. The van der Waals surface area contributed by atoms with Gasteiger partial charge in [-0.15, -0.1) is 0 Å². The Balaban J connectivity index is 1.98. The number of benzene rings is 2. The molecule has 1 aromatic heterocycles. The number of aromatic amines is 1. The van der Waals surface area contributed by atoms with E-state index in [1.54, 1.807) is 19.2 Å². The number of nitrogens with one attached hydrogen (secondary N) is 1. The van der Waals surface area contributed by atoms with E-state index in [0.717, 1.165) is 5.56 Å². The van der Waals surface area contributed by atoms with E-state index in [-0.39, 0.29) is 5.69 Å². The van der Waals surface area contributed by atoms with Crippen molar-refractivity contribution in [2.75, 3.05) is 7.11 Å². The molecule has 1 N–H and O–H groups in total. The Labute approximate surface area is 147 Å². The van der Waals surface area contributed by atoms with Crippen LogP contribution in [0.2, 0.25) is 0 Å². The number of H-pyrrole nitrogens is 1. The summed E-state index contributed by atoms with van der Waals surface area (Å²) in [4.78, 5) is 10.4. The molecule has 0 aliphatic rings. The summed E-state index contributed by atoms with van der Waals surface area (Å²) < 4.78 is 6.96. The lowest BCUT2D eigenvalue weighted by Gasteiger charge is -2.03. The van der Waals surface area contributed by atoms with Crippen LogP contribution in [0.4, 0.5) is 5.69 Å². The van der Waals surface area contributed by atoms with Crippen LogP contribution >= 0.6 is 12.2 Å². The van der Waals surface area contributed by atoms with Crippen molar-refractivity contribution >= 4 is 24.1 Å². The van der Waals surface area contributed by atoms with Crippen molar-refractivity contribution in [1.82, 2.24) is 14.9 Å². The summed E-state index contributed by atoms with van der Waals surface area (Å²) in [6.45, 7) is 0. The standard InChI is InChI=1S/C16H13N5O3S/c1-24-14-7-3-5-12(9-14)15-18-19-16(25)20(15)17-10-11-4-2-6-13(8-11)21(22)23/h2-10H,1H3,(H,19,25). The molecule has 0 fully saturated rings. The summed E-state index contributed by atoms with van der Waals surface area (Å²) in [5.74, 6) is 1.19. The highest BCUT2D eigenvalue weighted by Gasteiger charge is 2.09. The van der Waals surface area contributed by atoms with Crippen LogP contribution in [0.3, 0.4) is 0 Å². The van der Waals surface area contributed by atoms with Gasteiger partial charge in [0.05, 0.1) is 18.2 Å². The molecule has 0 saturated carbocycles. The summed E-state index contributed by atoms with van der Waals surface area (Å²) in [5, 5.41) is 22.0. The van der Waals surface area contributed by atoms with Gasteiger partial charge in [0.1, 0.15) is 5.75 Å². The third-order valence-electron chi connectivity index (χ3n) is 3.38. The van der Waals surface area contributed by atoms with Crippen LogP contribution in [-0.4, -0.2) is 33.1 Å². The minimum absolute atomic E-state index is 0.00670. The van der Waals surface area contributed by atoms with Gasteiger partial charge < -0.3 is 4.74 Å². The van der Waals surface area contributed by atoms with Crippen molar-refractivity contribution in [1.29, 1.82) is 0 Å². The summed E-state index contributed by atoms with van der Waals surface area (Å²) in [7, 11) is 1.58. The van der Waals surface area contributed by atoms with Gasteiger partial charge in [0.25, 0.3) is 5.69 Å². The zero-order valence-corrected chi connectivity index (χ0v) is 13.9. The molecule has 0 amide bonds. The van der Waals surface area contributed by atoms with E-state index in [0.29, 0.717) is 21.9 Å². The monoisotopic (exact) mass is 355 g/mol. The second-order valence-electron chi connectivity index (χ2n) is 4.99. The van der Waals surface area contributed by atoms with Gasteiger partial charge in [-0.3, -0.25) is 10.1 Å². The molecule has 25 heavy (non-hydrogen) atoms. The molecule has 126 valence electrons. The largest absolute Gasteiger partial charge is 0.497 e. The molecule has 8 nitrogen and oxygen atoms in total. The van der Waals surface area contributed by atoms with Crippen molar-refractivity contribution in [3.05, 3.63) is 69.0 Å². The van der Waals surface area contributed by atoms with Crippen molar-refractivity contribution in [3.63, 3.8) is 0 Å². The minimum Gasteiger partial charge on any atom is -0.497 e. The lowest BCUT2D eigenvalue weighted by molar-refractivity contribution is -0.384. The zero-order chi connectivity index (χ0) is 17.8. The Morgan fingerprint density at radius 3 is 2.88 bits per heavy atom. The van der Waals surface area contributed by atoms with Crippen LogP contribution in [0.1, 0.15) is 5.56 Å². The quantitative estimate of drug-likeness (QED) is 0.327. The molecule has 0 spiro atoms. The third kappa shape index (κ3) is 3.61. The van der Waals surface area contributed by atoms with E-state index in [4.69, 9.17) is 17.0 Å². The second kappa shape index (κ2) is 7.05. The van der Waals surface area contributed by atoms with Gasteiger partial charge in [-0.25, -0.2) is 5.10 Å². The van der Waals surface area contributed by atoms with Gasteiger partial charge in [-0.2, -0.15) is 14.9 Å². The first-order valence-electron chi connectivity index (χ1n) is 7.19. The predicted molar refractivity (Wildman–Crippen MR) is 95.5 cm³/mol. The first kappa shape index (κ1) is 16.5. The first-order valence-corrected chi connectivity index (χ1v) is 7.60. The fraction of sp³-hybridized carbons (Fsp3) is 0.0625. The summed E-state index contributed by atoms with van der Waals surface area (Å²) in [6.07, 6.45) is 1.49. The number of hydrogen-bond donors (Lipinski definition) is 1. The second-order valence-corrected chi connectivity index (χ2v) is 5.38. The van der Waals surface area contributed by atoms with Gasteiger partial charge in [0, 0.05) is 23.3 Å². The Hall–Kier alpha value is -3.33. The summed E-state index contributed by atoms with van der Waals surface area (Å²) >= 11 is 5.21. The molecule has 2 aromatic carbocycles. The number of rotatable bonds is 5. The smallest absolute Gasteiger partial charge is 0.270 e. The van der Waals surface area contributed by atoms with Crippen LogP contribution in [-0.2, 0) is 0 Å². The van der Waals surface area contributed by atoms with E-state index < -0.39 is 4.92 Å². The number of ether oxygens (including phenoxy) is 1. The van der Waals surface area contributed by atoms with Crippen molar-refractivity contribution in [2.24, 2.45) is 5.10 Å². The van der Waals surface area contributed by atoms with Crippen LogP contribution in [0.5, 0.6) is 5.75 Å². The number of nitrogens with zero attached hydrogens (tertiary/aromatic N) is 4. The predicted octanol–water partition coefficient (Wildman–Crippen LogP) is 3.41. The van der Waals surface area contributed by atoms with Crippen molar-refractivity contribution < 1.29 is 9.66 Å². The topological polar surface area (TPSA) is 98.3 Å². The number of non-ortho nitro benzene ring substituents is 1. The highest BCUT2D eigenvalue weighted by molar-refractivity contribution is 7.71. The Morgan fingerprint density at radius 1 is 1.32 bits per heavy atom. The number of methoxy groups -OCH3 is 1. The molecule has 0 atom stereocenters. The zero-order valence-electron chi connectivity index (χ0n) is 13.1. The van der Waals surface area contributed by atoms with Crippen LogP contribution in [0.15, 0.2) is 53.6 Å². The van der Waals surface area contributed by atoms with Gasteiger partial charge in [-0.05, 0) is 24.4 Å². The van der Waals surface area contributed by atoms with E-state index in [1.165, 1.54) is 23.0 Å². The lowest BCUT2D eigenvalue weighted by atomic mass is 10.2. The minimum atomic E-state index is -0.456. The van der Waals surface area contributed by atoms with Crippen molar-refractivity contribution in [3.8, 4) is 17.1 Å². The number of aromatic nitrogens is 3. The molecule has 9 heteroatoms. The molecule has 0 aliphatic carbocycles. The summed E-state index contributed by atoms with van der Waals surface area (Å²) in [5.41, 5.74) is 1.34. The number of hydrogen-bond acceptors (Lipinski definition) is 6. The highest BCUT2D eigenvalue weighted by atomic mass is 32.1. The maximum Gasteiger partial charge on any atom is 0.270 e. The van der Waals surface area contributed by atoms with Crippen LogP contribution in [0, 0.1) is 14.9 Å². The van der Waals surface area contributed by atoms with Gasteiger partial charge >= 0.3 is 0 Å². The fourth-order valence-electron chi connectivity index (χ4n) is 2.19. The van der Waals surface area contributed by atoms with Gasteiger partial charge in [0.2, 0.25) is 4.77 Å². The molecule has 0 bridgehead atoms. The molecule has 0 saturated heterocycles. The van der Waals surface area contributed by atoms with E-state index in [1.807, 2.05) is 24.3 Å². The van der Waals surface area contributed by atoms with Crippen LogP contribution < -0.4 is 4.74 Å². The Kier molecular flexibility index (Phi) is 4.66. The molecule has 0 aliphatic heterocycles. The number of nitro groups is 1. The first-order chi connectivity index (χ1) is 12.1. The van der Waals surface area contributed by atoms with Gasteiger partial charge in [-0.1, -0.05) is 24.3 Å². The van der Waals surface area contributed by atoms with E-state index in [2.05, 4.69) is 15.3 Å². The Bertz CT molecular complexity index is 1010. The normalized spacial score (nSPS) is 10.9. The Morgan fingerprint density at radius 2 is 2.12 bits per heavy atom. The lowest BCUT2D eigenvalue weighted by Crippen LogP contribution is -1.96. The molecule has 1 heterocycles. The maximum absolute atomic E-state index is 10.9. The summed E-state index contributed by atoms with van der Waals surface area (Å²) in [6, 6.07) is 13.5. The van der Waals surface area contributed by atoms with E-state index >= 15 is 0 Å². The maximum atomic E-state index is 10.9. The van der Waals surface area contributed by atoms with Crippen molar-refractivity contribution in [2.45, 2.75) is 0 Å². The average Bonchev–Trinajstić information content (AvgIpc) is 3.01. The SMILES string of the molecule is COc1cccc(-c2n[nH]c(=S)n2N=Cc2cccc([N+](=O)[O-])c2)c1. The molecular formula is C16H13N5O3S. The van der Waals surface area contributed by atoms with E-state index in [9.17, 15) is 10.1 Å². The average molecular weight is 355 g/mol. The third-order valence-corrected chi connectivity index (χ3v) is 3.65. The van der Waals surface area contributed by atoms with Gasteiger partial charge in [0.15, 0.2) is 5.82 Å². The van der Waals surface area contributed by atoms with Crippen LogP contribution in [0.25, 0.3) is 11.4 Å². The molecule has 3 aromatic rings. The molecule has 0 unspecified atom stereocenters. The fourth-order valence-corrected chi connectivity index (χ4v) is 2.37. The highest BCUT2D eigenvalue weighted by Crippen LogP contribution is 2.22. The molecule has 0 radical (unpaired) electrons. The molecular weight excluding hydrogens is 342 g/mol.